The fraction of sp³-hybridized carbons (Fsp3) is 0.462. The van der Waals surface area contributed by atoms with E-state index in [1.54, 1.807) is 13.2 Å². The van der Waals surface area contributed by atoms with E-state index < -0.39 is 12.0 Å². The van der Waals surface area contributed by atoms with Gasteiger partial charge in [-0.15, -0.1) is 0 Å². The number of nitrogens with two attached hydrogens (primary N) is 1. The average Bonchev–Trinajstić information content (AvgIpc) is 2.26. The van der Waals surface area contributed by atoms with Gasteiger partial charge in [-0.2, -0.15) is 0 Å². The molecule has 0 bridgehead atoms. The van der Waals surface area contributed by atoms with Gasteiger partial charge in [0.15, 0.2) is 0 Å². The largest absolute Gasteiger partial charge is 0.495 e. The van der Waals surface area contributed by atoms with Crippen LogP contribution in [0.3, 0.4) is 0 Å². The molecule has 1 unspecified atom stereocenters. The van der Waals surface area contributed by atoms with Crippen molar-refractivity contribution < 1.29 is 14.6 Å². The predicted molar refractivity (Wildman–Crippen MR) is 71.3 cm³/mol. The lowest BCUT2D eigenvalue weighted by molar-refractivity contribution is -0.137. The number of carboxylic acids is 1. The quantitative estimate of drug-likeness (QED) is 0.864. The Balaban J connectivity index is 3.20. The van der Waals surface area contributed by atoms with Crippen LogP contribution >= 0.6 is 11.6 Å². The first-order chi connectivity index (χ1) is 8.36. The molecule has 5 heteroatoms. The molecule has 0 aliphatic heterocycles. The molecule has 0 amide bonds. The monoisotopic (exact) mass is 271 g/mol. The Morgan fingerprint density at radius 3 is 2.56 bits per heavy atom. The summed E-state index contributed by atoms with van der Waals surface area (Å²) in [5.74, 6) is -0.0899. The maximum absolute atomic E-state index is 10.7. The van der Waals surface area contributed by atoms with Gasteiger partial charge in [0.2, 0.25) is 0 Å². The van der Waals surface area contributed by atoms with Crippen molar-refractivity contribution in [1.29, 1.82) is 0 Å². The lowest BCUT2D eigenvalue weighted by Gasteiger charge is -2.18. The Morgan fingerprint density at radius 2 is 2.11 bits per heavy atom. The Kier molecular flexibility index (Phi) is 4.99. The van der Waals surface area contributed by atoms with Gasteiger partial charge in [0.1, 0.15) is 5.75 Å². The zero-order valence-electron chi connectivity index (χ0n) is 10.7. The van der Waals surface area contributed by atoms with Crippen LogP contribution in [0.2, 0.25) is 5.02 Å². The van der Waals surface area contributed by atoms with Crippen LogP contribution < -0.4 is 10.5 Å². The minimum atomic E-state index is -0.930. The zero-order chi connectivity index (χ0) is 13.9. The van der Waals surface area contributed by atoms with Crippen molar-refractivity contribution in [2.24, 2.45) is 5.73 Å². The van der Waals surface area contributed by atoms with Gasteiger partial charge in [-0.3, -0.25) is 4.79 Å². The molecule has 0 aliphatic rings. The van der Waals surface area contributed by atoms with Gasteiger partial charge in [-0.25, -0.2) is 0 Å². The number of aliphatic carboxylic acids is 1. The summed E-state index contributed by atoms with van der Waals surface area (Å²) >= 11 is 6.13. The molecule has 1 aromatic rings. The van der Waals surface area contributed by atoms with Crippen molar-refractivity contribution in [3.05, 3.63) is 28.3 Å². The maximum atomic E-state index is 10.7. The molecule has 1 atom stereocenters. The van der Waals surface area contributed by atoms with Crippen LogP contribution in [0.1, 0.15) is 43.4 Å². The fourth-order valence-corrected chi connectivity index (χ4v) is 2.11. The number of hydrogen-bond donors (Lipinski definition) is 2. The number of ether oxygens (including phenoxy) is 1. The van der Waals surface area contributed by atoms with Crippen LogP contribution in [0.25, 0.3) is 0 Å². The molecule has 0 heterocycles. The summed E-state index contributed by atoms with van der Waals surface area (Å²) in [7, 11) is 1.56. The van der Waals surface area contributed by atoms with Gasteiger partial charge in [-0.05, 0) is 23.1 Å². The SMILES string of the molecule is COc1c(Cl)cc(C(N)CC(=O)O)cc1C(C)C. The van der Waals surface area contributed by atoms with E-state index in [1.807, 2.05) is 19.9 Å². The number of methoxy groups -OCH3 is 1. The summed E-state index contributed by atoms with van der Waals surface area (Å²) in [4.78, 5) is 10.7. The molecule has 0 radical (unpaired) electrons. The van der Waals surface area contributed by atoms with Crippen LogP contribution in [-0.2, 0) is 4.79 Å². The molecule has 18 heavy (non-hydrogen) atoms. The van der Waals surface area contributed by atoms with Gasteiger partial charge in [0, 0.05) is 6.04 Å². The number of rotatable bonds is 5. The standard InChI is InChI=1S/C13H18ClNO3/c1-7(2)9-4-8(11(15)6-12(16)17)5-10(14)13(9)18-3/h4-5,7,11H,6,15H2,1-3H3,(H,16,17). The van der Waals surface area contributed by atoms with Crippen LogP contribution in [0.15, 0.2) is 12.1 Å². The van der Waals surface area contributed by atoms with E-state index in [-0.39, 0.29) is 12.3 Å². The van der Waals surface area contributed by atoms with Crippen LogP contribution in [-0.4, -0.2) is 18.2 Å². The molecule has 1 aromatic carbocycles. The van der Waals surface area contributed by atoms with Gasteiger partial charge in [0.25, 0.3) is 0 Å². The molecule has 3 N–H and O–H groups in total. The molecule has 0 saturated heterocycles. The molecule has 0 aliphatic carbocycles. The molecule has 0 fully saturated rings. The number of halogens is 1. The molecular formula is C13H18ClNO3. The third kappa shape index (κ3) is 3.37. The number of benzene rings is 1. The number of carboxylic acid groups (broad SMARTS) is 1. The Labute approximate surface area is 112 Å². The van der Waals surface area contributed by atoms with Crippen molar-refractivity contribution in [2.45, 2.75) is 32.2 Å². The van der Waals surface area contributed by atoms with Crippen LogP contribution in [0.4, 0.5) is 0 Å². The minimum absolute atomic E-state index is 0.125. The van der Waals surface area contributed by atoms with Gasteiger partial charge in [0.05, 0.1) is 18.6 Å². The first-order valence-corrected chi connectivity index (χ1v) is 6.09. The maximum Gasteiger partial charge on any atom is 0.305 e. The molecule has 4 nitrogen and oxygen atoms in total. The van der Waals surface area contributed by atoms with E-state index in [4.69, 9.17) is 27.2 Å². The average molecular weight is 272 g/mol. The fourth-order valence-electron chi connectivity index (χ4n) is 1.80. The zero-order valence-corrected chi connectivity index (χ0v) is 11.5. The van der Waals surface area contributed by atoms with Crippen LogP contribution in [0.5, 0.6) is 5.75 Å². The predicted octanol–water partition coefficient (Wildman–Crippen LogP) is 2.95. The van der Waals surface area contributed by atoms with E-state index in [0.717, 1.165) is 5.56 Å². The number of carbonyl (C=O) groups is 1. The number of hydrogen-bond acceptors (Lipinski definition) is 3. The van der Waals surface area contributed by atoms with E-state index in [2.05, 4.69) is 0 Å². The summed E-state index contributed by atoms with van der Waals surface area (Å²) in [6.45, 7) is 4.03. The second-order valence-electron chi connectivity index (χ2n) is 4.48. The second kappa shape index (κ2) is 6.07. The molecule has 0 saturated carbocycles. The summed E-state index contributed by atoms with van der Waals surface area (Å²) in [6.07, 6.45) is -0.125. The third-order valence-electron chi connectivity index (χ3n) is 2.74. The Bertz CT molecular complexity index is 446. The second-order valence-corrected chi connectivity index (χ2v) is 4.89. The summed E-state index contributed by atoms with van der Waals surface area (Å²) in [6, 6.07) is 2.96. The van der Waals surface area contributed by atoms with Gasteiger partial charge >= 0.3 is 5.97 Å². The van der Waals surface area contributed by atoms with E-state index >= 15 is 0 Å². The first-order valence-electron chi connectivity index (χ1n) is 5.71. The van der Waals surface area contributed by atoms with Gasteiger partial charge < -0.3 is 15.6 Å². The minimum Gasteiger partial charge on any atom is -0.495 e. The van der Waals surface area contributed by atoms with Gasteiger partial charge in [-0.1, -0.05) is 31.5 Å². The normalized spacial score (nSPS) is 12.6. The van der Waals surface area contributed by atoms with E-state index in [0.29, 0.717) is 16.3 Å². The molecular weight excluding hydrogens is 254 g/mol. The molecule has 0 aromatic heterocycles. The highest BCUT2D eigenvalue weighted by Crippen LogP contribution is 2.36. The third-order valence-corrected chi connectivity index (χ3v) is 3.02. The highest BCUT2D eigenvalue weighted by molar-refractivity contribution is 6.32. The Hall–Kier alpha value is -1.26. The Morgan fingerprint density at radius 1 is 1.50 bits per heavy atom. The van der Waals surface area contributed by atoms with Crippen molar-refractivity contribution in [2.75, 3.05) is 7.11 Å². The van der Waals surface area contributed by atoms with Crippen molar-refractivity contribution in [3.8, 4) is 5.75 Å². The lowest BCUT2D eigenvalue weighted by Crippen LogP contribution is -2.15. The first kappa shape index (κ1) is 14.8. The van der Waals surface area contributed by atoms with Crippen molar-refractivity contribution >= 4 is 17.6 Å². The topological polar surface area (TPSA) is 72.5 Å². The highest BCUT2D eigenvalue weighted by Gasteiger charge is 2.17. The highest BCUT2D eigenvalue weighted by atomic mass is 35.5. The van der Waals surface area contributed by atoms with Crippen molar-refractivity contribution in [1.82, 2.24) is 0 Å². The summed E-state index contributed by atoms with van der Waals surface area (Å²) < 4.78 is 5.26. The lowest BCUT2D eigenvalue weighted by atomic mass is 9.95. The van der Waals surface area contributed by atoms with Crippen molar-refractivity contribution in [3.63, 3.8) is 0 Å². The van der Waals surface area contributed by atoms with E-state index in [1.165, 1.54) is 0 Å². The van der Waals surface area contributed by atoms with E-state index in [9.17, 15) is 4.79 Å². The molecule has 0 spiro atoms. The molecule has 100 valence electrons. The summed E-state index contributed by atoms with van der Waals surface area (Å²) in [5, 5.41) is 9.21. The summed E-state index contributed by atoms with van der Waals surface area (Å²) in [5.41, 5.74) is 7.49. The smallest absolute Gasteiger partial charge is 0.305 e. The van der Waals surface area contributed by atoms with Crippen LogP contribution in [0, 0.1) is 0 Å². The molecule has 1 rings (SSSR count).